The first-order valence-corrected chi connectivity index (χ1v) is 8.96. The maximum atomic E-state index is 12.6. The molecule has 0 aliphatic carbocycles. The zero-order chi connectivity index (χ0) is 19.2. The minimum absolute atomic E-state index is 0.0798. The topological polar surface area (TPSA) is 84.7 Å². The van der Waals surface area contributed by atoms with Gasteiger partial charge in [0.15, 0.2) is 0 Å². The number of carbonyl (C=O) groups is 1. The summed E-state index contributed by atoms with van der Waals surface area (Å²) in [6.45, 7) is 2.58. The summed E-state index contributed by atoms with van der Waals surface area (Å²) >= 11 is 0. The second-order valence-electron chi connectivity index (χ2n) is 6.67. The van der Waals surface area contributed by atoms with Crippen molar-refractivity contribution in [2.75, 3.05) is 25.5 Å². The number of carbonyl (C=O) groups excluding carboxylic acids is 1. The van der Waals surface area contributed by atoms with Gasteiger partial charge >= 0.3 is 0 Å². The minimum Gasteiger partial charge on any atom is -0.495 e. The van der Waals surface area contributed by atoms with Crippen LogP contribution in [0.5, 0.6) is 5.75 Å². The van der Waals surface area contributed by atoms with E-state index >= 15 is 0 Å². The highest BCUT2D eigenvalue weighted by molar-refractivity contribution is 5.94. The lowest BCUT2D eigenvalue weighted by Crippen LogP contribution is -2.37. The summed E-state index contributed by atoms with van der Waals surface area (Å²) in [6.07, 6.45) is 1.52. The molecule has 2 aromatic rings. The van der Waals surface area contributed by atoms with Crippen LogP contribution in [0.4, 0.5) is 11.4 Å². The molecule has 27 heavy (non-hydrogen) atoms. The van der Waals surface area contributed by atoms with Crippen LogP contribution in [0.15, 0.2) is 48.5 Å². The Morgan fingerprint density at radius 3 is 2.56 bits per heavy atom. The molecule has 0 aromatic heterocycles. The number of amides is 1. The van der Waals surface area contributed by atoms with Gasteiger partial charge in [0.25, 0.3) is 5.69 Å². The second kappa shape index (κ2) is 8.64. The van der Waals surface area contributed by atoms with Crippen LogP contribution in [0.25, 0.3) is 0 Å². The Kier molecular flexibility index (Phi) is 6.03. The Bertz CT molecular complexity index is 802. The van der Waals surface area contributed by atoms with Gasteiger partial charge < -0.3 is 10.1 Å². The molecule has 1 saturated heterocycles. The summed E-state index contributed by atoms with van der Waals surface area (Å²) in [6, 6.07) is 14.5. The maximum absolute atomic E-state index is 12.6. The molecule has 1 N–H and O–H groups in total. The van der Waals surface area contributed by atoms with Crippen molar-refractivity contribution in [2.45, 2.75) is 19.4 Å². The van der Waals surface area contributed by atoms with E-state index in [9.17, 15) is 14.9 Å². The Morgan fingerprint density at radius 2 is 1.93 bits per heavy atom. The minimum atomic E-state index is -0.489. The van der Waals surface area contributed by atoms with Gasteiger partial charge in [-0.15, -0.1) is 0 Å². The third kappa shape index (κ3) is 4.83. The van der Waals surface area contributed by atoms with E-state index in [1.807, 2.05) is 18.2 Å². The van der Waals surface area contributed by atoms with Crippen LogP contribution in [0.1, 0.15) is 18.4 Å². The summed E-state index contributed by atoms with van der Waals surface area (Å²) in [5, 5.41) is 13.8. The Hall–Kier alpha value is -2.93. The molecule has 0 unspecified atom stereocenters. The van der Waals surface area contributed by atoms with Gasteiger partial charge in [0.05, 0.1) is 17.7 Å². The van der Waals surface area contributed by atoms with Crippen molar-refractivity contribution in [3.8, 4) is 5.75 Å². The predicted molar refractivity (Wildman–Crippen MR) is 103 cm³/mol. The van der Waals surface area contributed by atoms with Gasteiger partial charge in [0.1, 0.15) is 5.75 Å². The van der Waals surface area contributed by atoms with Gasteiger partial charge in [0, 0.05) is 24.6 Å². The number of nitro groups is 1. The maximum Gasteiger partial charge on any atom is 0.271 e. The number of methoxy groups -OCH3 is 1. The highest BCUT2D eigenvalue weighted by Crippen LogP contribution is 2.30. The van der Waals surface area contributed by atoms with E-state index in [0.717, 1.165) is 32.5 Å². The summed E-state index contributed by atoms with van der Waals surface area (Å²) in [5.74, 6) is 0.185. The average molecular weight is 369 g/mol. The predicted octanol–water partition coefficient (Wildman–Crippen LogP) is 3.45. The number of hydrogen-bond acceptors (Lipinski definition) is 5. The number of ether oxygens (including phenoxy) is 1. The highest BCUT2D eigenvalue weighted by atomic mass is 16.6. The number of rotatable bonds is 6. The third-order valence-corrected chi connectivity index (χ3v) is 4.86. The van der Waals surface area contributed by atoms with Crippen molar-refractivity contribution in [1.82, 2.24) is 4.90 Å². The van der Waals surface area contributed by atoms with Crippen LogP contribution in [0.2, 0.25) is 0 Å². The fourth-order valence-electron chi connectivity index (χ4n) is 3.34. The number of benzene rings is 2. The van der Waals surface area contributed by atoms with E-state index in [1.54, 1.807) is 0 Å². The van der Waals surface area contributed by atoms with Crippen LogP contribution in [-0.2, 0) is 11.3 Å². The lowest BCUT2D eigenvalue weighted by molar-refractivity contribution is -0.384. The lowest BCUT2D eigenvalue weighted by atomic mass is 9.95. The van der Waals surface area contributed by atoms with Crippen LogP contribution in [-0.4, -0.2) is 35.9 Å². The van der Waals surface area contributed by atoms with Crippen molar-refractivity contribution in [1.29, 1.82) is 0 Å². The first kappa shape index (κ1) is 18.8. The molecule has 1 aliphatic heterocycles. The summed E-state index contributed by atoms with van der Waals surface area (Å²) in [4.78, 5) is 25.5. The number of piperidine rings is 1. The SMILES string of the molecule is COc1ccc([N+](=O)[O-])cc1NC(=O)C1CCN(Cc2ccccc2)CC1. The molecule has 1 aliphatic rings. The molecular formula is C20H23N3O4. The molecule has 1 heterocycles. The molecule has 7 nitrogen and oxygen atoms in total. The first-order valence-electron chi connectivity index (χ1n) is 8.96. The van der Waals surface area contributed by atoms with E-state index in [0.29, 0.717) is 11.4 Å². The standard InChI is InChI=1S/C20H23N3O4/c1-27-19-8-7-17(23(25)26)13-18(19)21-20(24)16-9-11-22(12-10-16)14-15-5-3-2-4-6-15/h2-8,13,16H,9-12,14H2,1H3,(H,21,24). The fraction of sp³-hybridized carbons (Fsp3) is 0.350. The van der Waals surface area contributed by atoms with E-state index < -0.39 is 4.92 Å². The summed E-state index contributed by atoms with van der Waals surface area (Å²) in [5.41, 5.74) is 1.52. The van der Waals surface area contributed by atoms with Crippen LogP contribution < -0.4 is 10.1 Å². The van der Waals surface area contributed by atoms with Crippen molar-refractivity contribution in [2.24, 2.45) is 5.92 Å². The molecule has 1 fully saturated rings. The van der Waals surface area contributed by atoms with Crippen molar-refractivity contribution in [3.05, 3.63) is 64.2 Å². The zero-order valence-corrected chi connectivity index (χ0v) is 15.3. The molecule has 142 valence electrons. The van der Waals surface area contributed by atoms with Crippen molar-refractivity contribution < 1.29 is 14.5 Å². The molecular weight excluding hydrogens is 346 g/mol. The van der Waals surface area contributed by atoms with E-state index in [2.05, 4.69) is 22.3 Å². The fourth-order valence-corrected chi connectivity index (χ4v) is 3.34. The highest BCUT2D eigenvalue weighted by Gasteiger charge is 2.26. The van der Waals surface area contributed by atoms with E-state index in [4.69, 9.17) is 4.74 Å². The normalized spacial score (nSPS) is 15.3. The third-order valence-electron chi connectivity index (χ3n) is 4.86. The Labute approximate surface area is 158 Å². The monoisotopic (exact) mass is 369 g/mol. The lowest BCUT2D eigenvalue weighted by Gasteiger charge is -2.31. The van der Waals surface area contributed by atoms with Crippen molar-refractivity contribution >= 4 is 17.3 Å². The molecule has 0 saturated carbocycles. The van der Waals surface area contributed by atoms with Crippen molar-refractivity contribution in [3.63, 3.8) is 0 Å². The van der Waals surface area contributed by atoms with Crippen LogP contribution >= 0.6 is 0 Å². The van der Waals surface area contributed by atoms with Gasteiger partial charge in [-0.3, -0.25) is 19.8 Å². The largest absolute Gasteiger partial charge is 0.495 e. The second-order valence-corrected chi connectivity index (χ2v) is 6.67. The average Bonchev–Trinajstić information content (AvgIpc) is 2.69. The molecule has 0 atom stereocenters. The number of likely N-dealkylation sites (tertiary alicyclic amines) is 1. The number of nitrogens with one attached hydrogen (secondary N) is 1. The molecule has 1 amide bonds. The number of nitrogens with zero attached hydrogens (tertiary/aromatic N) is 2. The summed E-state index contributed by atoms with van der Waals surface area (Å²) in [7, 11) is 1.47. The molecule has 0 bridgehead atoms. The number of hydrogen-bond donors (Lipinski definition) is 1. The zero-order valence-electron chi connectivity index (χ0n) is 15.3. The van der Waals surface area contributed by atoms with Crippen LogP contribution in [0, 0.1) is 16.0 Å². The van der Waals surface area contributed by atoms with Gasteiger partial charge in [-0.2, -0.15) is 0 Å². The van der Waals surface area contributed by atoms with Gasteiger partial charge in [-0.1, -0.05) is 30.3 Å². The Balaban J connectivity index is 1.58. The number of non-ortho nitro benzene ring substituents is 1. The van der Waals surface area contributed by atoms with E-state index in [-0.39, 0.29) is 17.5 Å². The molecule has 0 radical (unpaired) electrons. The number of nitro benzene ring substituents is 1. The molecule has 0 spiro atoms. The van der Waals surface area contributed by atoms with Gasteiger partial charge in [-0.05, 0) is 37.6 Å². The molecule has 2 aromatic carbocycles. The van der Waals surface area contributed by atoms with Crippen LogP contribution in [0.3, 0.4) is 0 Å². The summed E-state index contributed by atoms with van der Waals surface area (Å²) < 4.78 is 5.21. The number of anilines is 1. The quantitative estimate of drug-likeness (QED) is 0.623. The smallest absolute Gasteiger partial charge is 0.271 e. The first-order chi connectivity index (χ1) is 13.1. The Morgan fingerprint density at radius 1 is 1.22 bits per heavy atom. The molecule has 7 heteroatoms. The molecule has 3 rings (SSSR count). The van der Waals surface area contributed by atoms with E-state index in [1.165, 1.54) is 30.9 Å². The van der Waals surface area contributed by atoms with Gasteiger partial charge in [0.2, 0.25) is 5.91 Å². The van der Waals surface area contributed by atoms with Gasteiger partial charge in [-0.25, -0.2) is 0 Å².